The minimum absolute atomic E-state index is 0.0381. The number of benzene rings is 2. The smallest absolute Gasteiger partial charge is 0.271 e. The summed E-state index contributed by atoms with van der Waals surface area (Å²) >= 11 is 5.38. The molecule has 1 N–H and O–H groups in total. The molecule has 4 rings (SSSR count). The number of H-pyrrole nitrogens is 1. The van der Waals surface area contributed by atoms with Gasteiger partial charge in [-0.15, -0.1) is 0 Å². The number of nitro benzene ring substituents is 1. The number of amides is 1. The average Bonchev–Trinajstić information content (AvgIpc) is 3.25. The van der Waals surface area contributed by atoms with E-state index < -0.39 is 4.92 Å². The molecule has 0 radical (unpaired) electrons. The van der Waals surface area contributed by atoms with Gasteiger partial charge in [0.25, 0.3) is 5.69 Å². The number of carbonyl (C=O) groups excluding carboxylic acids is 1. The first kappa shape index (κ1) is 18.1. The second kappa shape index (κ2) is 7.01. The van der Waals surface area contributed by atoms with Gasteiger partial charge in [-0.1, -0.05) is 24.3 Å². The van der Waals surface area contributed by atoms with E-state index in [2.05, 4.69) is 10.2 Å². The van der Waals surface area contributed by atoms with Crippen molar-refractivity contribution in [2.75, 3.05) is 11.4 Å². The second-order valence-corrected chi connectivity index (χ2v) is 7.08. The highest BCUT2D eigenvalue weighted by Gasteiger charge is 2.36. The molecular weight excluding hydrogens is 378 g/mol. The lowest BCUT2D eigenvalue weighted by molar-refractivity contribution is -0.384. The SMILES string of the molecule is Cc1ccc([N+](=O)[O-])cc1N1CC(c2n[nH]c(=S)n2-c2ccccc2)CC1=O. The highest BCUT2D eigenvalue weighted by molar-refractivity contribution is 7.71. The quantitative estimate of drug-likeness (QED) is 0.413. The fourth-order valence-corrected chi connectivity index (χ4v) is 3.77. The third kappa shape index (κ3) is 3.09. The van der Waals surface area contributed by atoms with Crippen molar-refractivity contribution in [2.45, 2.75) is 19.3 Å². The van der Waals surface area contributed by atoms with E-state index in [1.54, 1.807) is 11.0 Å². The van der Waals surface area contributed by atoms with Gasteiger partial charge in [0.05, 0.1) is 10.6 Å². The maximum atomic E-state index is 12.7. The Labute approximate surface area is 165 Å². The Morgan fingerprint density at radius 1 is 1.25 bits per heavy atom. The highest BCUT2D eigenvalue weighted by Crippen LogP contribution is 2.35. The van der Waals surface area contributed by atoms with Crippen molar-refractivity contribution in [3.05, 3.63) is 74.8 Å². The van der Waals surface area contributed by atoms with Crippen LogP contribution in [-0.4, -0.2) is 32.1 Å². The summed E-state index contributed by atoms with van der Waals surface area (Å²) in [5.74, 6) is 0.400. The zero-order valence-corrected chi connectivity index (χ0v) is 15.8. The Bertz CT molecular complexity index is 1120. The molecule has 142 valence electrons. The number of hydrogen-bond donors (Lipinski definition) is 1. The van der Waals surface area contributed by atoms with Gasteiger partial charge in [0.1, 0.15) is 5.82 Å². The second-order valence-electron chi connectivity index (χ2n) is 6.69. The number of aromatic nitrogens is 3. The zero-order valence-electron chi connectivity index (χ0n) is 15.0. The number of non-ortho nitro benzene ring substituents is 1. The Hall–Kier alpha value is -3.33. The van der Waals surface area contributed by atoms with Crippen molar-refractivity contribution in [3.63, 3.8) is 0 Å². The van der Waals surface area contributed by atoms with Crippen LogP contribution in [0.3, 0.4) is 0 Å². The van der Waals surface area contributed by atoms with Crippen LogP contribution in [-0.2, 0) is 4.79 Å². The standard InChI is InChI=1S/C19H17N5O3S/c1-12-7-8-15(24(26)27)10-16(12)22-11-13(9-17(22)25)18-20-21-19(28)23(18)14-5-3-2-4-6-14/h2-8,10,13H,9,11H2,1H3,(H,21,28). The number of nitrogens with zero attached hydrogens (tertiary/aromatic N) is 4. The van der Waals surface area contributed by atoms with Crippen LogP contribution in [0.2, 0.25) is 0 Å². The van der Waals surface area contributed by atoms with Crippen molar-refractivity contribution in [3.8, 4) is 5.69 Å². The molecule has 8 nitrogen and oxygen atoms in total. The molecule has 9 heteroatoms. The molecule has 1 saturated heterocycles. The van der Waals surface area contributed by atoms with Crippen LogP contribution >= 0.6 is 12.2 Å². The first-order chi connectivity index (χ1) is 13.5. The predicted molar refractivity (Wildman–Crippen MR) is 106 cm³/mol. The van der Waals surface area contributed by atoms with E-state index in [0.717, 1.165) is 11.3 Å². The molecule has 1 aliphatic rings. The van der Waals surface area contributed by atoms with Gasteiger partial charge >= 0.3 is 0 Å². The molecule has 0 aliphatic carbocycles. The summed E-state index contributed by atoms with van der Waals surface area (Å²) in [7, 11) is 0. The monoisotopic (exact) mass is 395 g/mol. The van der Waals surface area contributed by atoms with Crippen LogP contribution < -0.4 is 4.90 Å². The van der Waals surface area contributed by atoms with Gasteiger partial charge in [-0.25, -0.2) is 0 Å². The van der Waals surface area contributed by atoms with Gasteiger partial charge in [-0.3, -0.25) is 24.6 Å². The molecular formula is C19H17N5O3S. The molecule has 0 bridgehead atoms. The summed E-state index contributed by atoms with van der Waals surface area (Å²) in [6.07, 6.45) is 0.259. The number of para-hydroxylation sites is 1. The number of anilines is 1. The molecule has 0 spiro atoms. The number of nitrogens with one attached hydrogen (secondary N) is 1. The minimum Gasteiger partial charge on any atom is -0.311 e. The minimum atomic E-state index is -0.457. The summed E-state index contributed by atoms with van der Waals surface area (Å²) in [6, 6.07) is 14.1. The Balaban J connectivity index is 1.70. The molecule has 2 aromatic carbocycles. The number of aromatic amines is 1. The third-order valence-corrected chi connectivity index (χ3v) is 5.17. The lowest BCUT2D eigenvalue weighted by Gasteiger charge is -2.19. The normalized spacial score (nSPS) is 16.5. The summed E-state index contributed by atoms with van der Waals surface area (Å²) in [6.45, 7) is 2.22. The van der Waals surface area contributed by atoms with Crippen molar-refractivity contribution in [1.29, 1.82) is 0 Å². The Kier molecular flexibility index (Phi) is 4.52. The van der Waals surface area contributed by atoms with Gasteiger partial charge < -0.3 is 4.90 Å². The van der Waals surface area contributed by atoms with Gasteiger partial charge in [-0.2, -0.15) is 5.10 Å². The lowest BCUT2D eigenvalue weighted by Crippen LogP contribution is -2.25. The Morgan fingerprint density at radius 3 is 2.71 bits per heavy atom. The van der Waals surface area contributed by atoms with Crippen molar-refractivity contribution in [1.82, 2.24) is 14.8 Å². The van der Waals surface area contributed by atoms with E-state index in [1.165, 1.54) is 12.1 Å². The van der Waals surface area contributed by atoms with Crippen LogP contribution in [0.1, 0.15) is 23.7 Å². The van der Waals surface area contributed by atoms with Crippen LogP contribution in [0.15, 0.2) is 48.5 Å². The van der Waals surface area contributed by atoms with E-state index in [9.17, 15) is 14.9 Å². The first-order valence-corrected chi connectivity index (χ1v) is 9.14. The Morgan fingerprint density at radius 2 is 2.00 bits per heavy atom. The molecule has 1 aromatic heterocycles. The fourth-order valence-electron chi connectivity index (χ4n) is 3.53. The lowest BCUT2D eigenvalue weighted by atomic mass is 10.1. The summed E-state index contributed by atoms with van der Waals surface area (Å²) in [5, 5.41) is 18.3. The summed E-state index contributed by atoms with van der Waals surface area (Å²) in [4.78, 5) is 25.0. The van der Waals surface area contributed by atoms with E-state index in [-0.39, 0.29) is 23.9 Å². The van der Waals surface area contributed by atoms with Crippen LogP contribution in [0.25, 0.3) is 5.69 Å². The van der Waals surface area contributed by atoms with Gasteiger partial charge in [0.2, 0.25) is 5.91 Å². The fraction of sp³-hybridized carbons (Fsp3) is 0.211. The number of nitro groups is 1. The molecule has 2 heterocycles. The van der Waals surface area contributed by atoms with Crippen molar-refractivity contribution < 1.29 is 9.72 Å². The first-order valence-electron chi connectivity index (χ1n) is 8.74. The highest BCUT2D eigenvalue weighted by atomic mass is 32.1. The molecule has 1 atom stereocenters. The largest absolute Gasteiger partial charge is 0.311 e. The predicted octanol–water partition coefficient (Wildman–Crippen LogP) is 3.67. The van der Waals surface area contributed by atoms with Crippen LogP contribution in [0.4, 0.5) is 11.4 Å². The van der Waals surface area contributed by atoms with Crippen molar-refractivity contribution in [2.24, 2.45) is 0 Å². The maximum Gasteiger partial charge on any atom is 0.271 e. The summed E-state index contributed by atoms with van der Waals surface area (Å²) < 4.78 is 2.29. The molecule has 1 aliphatic heterocycles. The molecule has 1 amide bonds. The molecule has 28 heavy (non-hydrogen) atoms. The van der Waals surface area contributed by atoms with Crippen molar-refractivity contribution >= 4 is 29.5 Å². The topological polar surface area (TPSA) is 97.1 Å². The average molecular weight is 395 g/mol. The zero-order chi connectivity index (χ0) is 19.8. The third-order valence-electron chi connectivity index (χ3n) is 4.90. The number of carbonyl (C=O) groups is 1. The molecule has 3 aromatic rings. The number of hydrogen-bond acceptors (Lipinski definition) is 5. The molecule has 1 unspecified atom stereocenters. The van der Waals surface area contributed by atoms with Gasteiger partial charge in [0, 0.05) is 36.7 Å². The van der Waals surface area contributed by atoms with Crippen LogP contribution in [0, 0.1) is 21.8 Å². The van der Waals surface area contributed by atoms with Crippen LogP contribution in [0.5, 0.6) is 0 Å². The van der Waals surface area contributed by atoms with E-state index >= 15 is 0 Å². The number of aryl methyl sites for hydroxylation is 1. The maximum absolute atomic E-state index is 12.7. The molecule has 1 fully saturated rings. The van der Waals surface area contributed by atoms with Gasteiger partial charge in [-0.05, 0) is 36.8 Å². The summed E-state index contributed by atoms with van der Waals surface area (Å²) in [5.41, 5.74) is 2.20. The van der Waals surface area contributed by atoms with E-state index in [0.29, 0.717) is 22.8 Å². The van der Waals surface area contributed by atoms with Gasteiger partial charge in [0.15, 0.2) is 4.77 Å². The molecule has 0 saturated carbocycles. The van der Waals surface area contributed by atoms with E-state index in [1.807, 2.05) is 41.8 Å². The van der Waals surface area contributed by atoms with E-state index in [4.69, 9.17) is 12.2 Å². The number of rotatable bonds is 4.